The van der Waals surface area contributed by atoms with Gasteiger partial charge in [0.2, 0.25) is 0 Å². The van der Waals surface area contributed by atoms with Crippen LogP contribution in [-0.4, -0.2) is 23.8 Å². The maximum atomic E-state index is 8.99. The summed E-state index contributed by atoms with van der Waals surface area (Å²) < 4.78 is 0. The van der Waals surface area contributed by atoms with Crippen molar-refractivity contribution >= 4 is 0 Å². The molecule has 80 valence electrons. The Morgan fingerprint density at radius 2 is 1.77 bits per heavy atom. The smallest absolute Gasteiger partial charge is 0.0584 e. The Balaban J connectivity index is 3.53. The Morgan fingerprint density at radius 1 is 1.15 bits per heavy atom. The normalized spacial score (nSPS) is 16.2. The van der Waals surface area contributed by atoms with Crippen LogP contribution in [0.25, 0.3) is 0 Å². The van der Waals surface area contributed by atoms with Gasteiger partial charge in [0.05, 0.1) is 6.61 Å². The van der Waals surface area contributed by atoms with Crippen molar-refractivity contribution < 1.29 is 5.11 Å². The lowest BCUT2D eigenvalue weighted by molar-refractivity contribution is 0.226. The first-order valence-electron chi connectivity index (χ1n) is 5.47. The highest BCUT2D eigenvalue weighted by Crippen LogP contribution is 2.07. The summed E-state index contributed by atoms with van der Waals surface area (Å²) in [5.41, 5.74) is 0. The highest BCUT2D eigenvalue weighted by atomic mass is 16.3. The van der Waals surface area contributed by atoms with Gasteiger partial charge in [-0.25, -0.2) is 0 Å². The number of aliphatic hydroxyl groups excluding tert-OH is 1. The molecule has 0 fully saturated rings. The quantitative estimate of drug-likeness (QED) is 0.640. The fraction of sp³-hybridized carbons (Fsp3) is 1.00. The predicted molar refractivity (Wildman–Crippen MR) is 57.8 cm³/mol. The van der Waals surface area contributed by atoms with E-state index in [-0.39, 0.29) is 12.6 Å². The molecular formula is C11H25NO. The maximum Gasteiger partial charge on any atom is 0.0584 e. The van der Waals surface area contributed by atoms with Crippen molar-refractivity contribution in [2.45, 2.75) is 59.0 Å². The van der Waals surface area contributed by atoms with Gasteiger partial charge in [-0.3, -0.25) is 0 Å². The largest absolute Gasteiger partial charge is 0.395 e. The molecule has 0 aromatic heterocycles. The molecule has 0 aliphatic rings. The van der Waals surface area contributed by atoms with E-state index < -0.39 is 0 Å². The molecule has 0 amide bonds. The van der Waals surface area contributed by atoms with Crippen LogP contribution in [0.5, 0.6) is 0 Å². The predicted octanol–water partition coefficient (Wildman–Crippen LogP) is 2.17. The van der Waals surface area contributed by atoms with Gasteiger partial charge in [-0.2, -0.15) is 0 Å². The molecule has 0 saturated heterocycles. The minimum absolute atomic E-state index is 0.252. The van der Waals surface area contributed by atoms with Crippen LogP contribution in [-0.2, 0) is 0 Å². The first-order valence-corrected chi connectivity index (χ1v) is 5.47. The fourth-order valence-electron chi connectivity index (χ4n) is 1.37. The average molecular weight is 187 g/mol. The summed E-state index contributed by atoms with van der Waals surface area (Å²) >= 11 is 0. The Labute approximate surface area is 82.7 Å². The van der Waals surface area contributed by atoms with E-state index in [0.29, 0.717) is 6.04 Å². The molecule has 0 radical (unpaired) electrons. The summed E-state index contributed by atoms with van der Waals surface area (Å²) in [7, 11) is 0. The summed E-state index contributed by atoms with van der Waals surface area (Å²) in [6.07, 6.45) is 3.46. The number of hydrogen-bond donors (Lipinski definition) is 2. The Morgan fingerprint density at radius 3 is 2.15 bits per heavy atom. The van der Waals surface area contributed by atoms with E-state index in [1.807, 2.05) is 0 Å². The van der Waals surface area contributed by atoms with E-state index in [2.05, 4.69) is 33.0 Å². The van der Waals surface area contributed by atoms with Crippen molar-refractivity contribution in [1.82, 2.24) is 5.32 Å². The molecule has 0 aromatic rings. The monoisotopic (exact) mass is 187 g/mol. The lowest BCUT2D eigenvalue weighted by atomic mass is 10.0. The second-order valence-corrected chi connectivity index (χ2v) is 4.33. The fourth-order valence-corrected chi connectivity index (χ4v) is 1.37. The Bertz CT molecular complexity index is 111. The molecule has 0 aromatic carbocycles. The number of rotatable bonds is 7. The minimum atomic E-state index is 0.252. The Kier molecular flexibility index (Phi) is 7.29. The number of aliphatic hydroxyl groups is 1. The van der Waals surface area contributed by atoms with Crippen LogP contribution >= 0.6 is 0 Å². The lowest BCUT2D eigenvalue weighted by Gasteiger charge is -2.21. The SMILES string of the molecule is CC[C@H](CO)NC(C)CCC(C)C. The van der Waals surface area contributed by atoms with Crippen molar-refractivity contribution in [2.24, 2.45) is 5.92 Å². The van der Waals surface area contributed by atoms with Crippen LogP contribution < -0.4 is 5.32 Å². The van der Waals surface area contributed by atoms with Gasteiger partial charge in [0.1, 0.15) is 0 Å². The summed E-state index contributed by atoms with van der Waals surface area (Å²) in [6.45, 7) is 9.04. The first-order chi connectivity index (χ1) is 6.10. The third-order valence-corrected chi connectivity index (χ3v) is 2.41. The zero-order chi connectivity index (χ0) is 10.3. The van der Waals surface area contributed by atoms with Crippen molar-refractivity contribution in [3.05, 3.63) is 0 Å². The highest BCUT2D eigenvalue weighted by Gasteiger charge is 2.08. The van der Waals surface area contributed by atoms with Gasteiger partial charge in [-0.05, 0) is 32.1 Å². The number of nitrogens with one attached hydrogen (secondary N) is 1. The van der Waals surface area contributed by atoms with Crippen LogP contribution in [0.4, 0.5) is 0 Å². The molecule has 1 unspecified atom stereocenters. The molecule has 0 heterocycles. The third kappa shape index (κ3) is 7.03. The van der Waals surface area contributed by atoms with Crippen LogP contribution in [0, 0.1) is 5.92 Å². The standard InChI is InChI=1S/C11H25NO/c1-5-11(8-13)12-10(4)7-6-9(2)3/h9-13H,5-8H2,1-4H3/t10?,11-/m1/s1. The zero-order valence-corrected chi connectivity index (χ0v) is 9.51. The van der Waals surface area contributed by atoms with E-state index in [1.165, 1.54) is 12.8 Å². The third-order valence-electron chi connectivity index (χ3n) is 2.41. The van der Waals surface area contributed by atoms with Crippen LogP contribution in [0.2, 0.25) is 0 Å². The van der Waals surface area contributed by atoms with Crippen molar-refractivity contribution in [2.75, 3.05) is 6.61 Å². The van der Waals surface area contributed by atoms with Gasteiger partial charge in [0.15, 0.2) is 0 Å². The molecular weight excluding hydrogens is 162 g/mol. The second kappa shape index (κ2) is 7.34. The second-order valence-electron chi connectivity index (χ2n) is 4.33. The van der Waals surface area contributed by atoms with E-state index in [9.17, 15) is 0 Å². The first kappa shape index (κ1) is 12.9. The van der Waals surface area contributed by atoms with Crippen molar-refractivity contribution in [3.63, 3.8) is 0 Å². The van der Waals surface area contributed by atoms with Crippen LogP contribution in [0.1, 0.15) is 47.0 Å². The topological polar surface area (TPSA) is 32.3 Å². The van der Waals surface area contributed by atoms with E-state index in [0.717, 1.165) is 12.3 Å². The zero-order valence-electron chi connectivity index (χ0n) is 9.51. The molecule has 0 saturated carbocycles. The van der Waals surface area contributed by atoms with Gasteiger partial charge in [-0.1, -0.05) is 20.8 Å². The molecule has 2 N–H and O–H groups in total. The molecule has 2 nitrogen and oxygen atoms in total. The van der Waals surface area contributed by atoms with E-state index in [4.69, 9.17) is 5.11 Å². The lowest BCUT2D eigenvalue weighted by Crippen LogP contribution is -2.38. The van der Waals surface area contributed by atoms with Gasteiger partial charge in [-0.15, -0.1) is 0 Å². The summed E-state index contributed by atoms with van der Waals surface area (Å²) in [6, 6.07) is 0.807. The molecule has 0 aliphatic carbocycles. The van der Waals surface area contributed by atoms with Gasteiger partial charge in [0.25, 0.3) is 0 Å². The molecule has 0 rings (SSSR count). The van der Waals surface area contributed by atoms with Gasteiger partial charge >= 0.3 is 0 Å². The minimum Gasteiger partial charge on any atom is -0.395 e. The molecule has 13 heavy (non-hydrogen) atoms. The van der Waals surface area contributed by atoms with Gasteiger partial charge in [0, 0.05) is 12.1 Å². The molecule has 0 spiro atoms. The average Bonchev–Trinajstić information content (AvgIpc) is 2.10. The van der Waals surface area contributed by atoms with Crippen LogP contribution in [0.15, 0.2) is 0 Å². The van der Waals surface area contributed by atoms with Gasteiger partial charge < -0.3 is 10.4 Å². The van der Waals surface area contributed by atoms with E-state index >= 15 is 0 Å². The van der Waals surface area contributed by atoms with Crippen LogP contribution in [0.3, 0.4) is 0 Å². The summed E-state index contributed by atoms with van der Waals surface area (Å²) in [5.74, 6) is 0.776. The maximum absolute atomic E-state index is 8.99. The van der Waals surface area contributed by atoms with E-state index in [1.54, 1.807) is 0 Å². The van der Waals surface area contributed by atoms with Crippen molar-refractivity contribution in [1.29, 1.82) is 0 Å². The molecule has 2 heteroatoms. The molecule has 0 bridgehead atoms. The van der Waals surface area contributed by atoms with Crippen molar-refractivity contribution in [3.8, 4) is 0 Å². The Hall–Kier alpha value is -0.0800. The number of hydrogen-bond acceptors (Lipinski definition) is 2. The summed E-state index contributed by atoms with van der Waals surface area (Å²) in [4.78, 5) is 0. The highest BCUT2D eigenvalue weighted by molar-refractivity contribution is 4.69. The summed E-state index contributed by atoms with van der Waals surface area (Å²) in [5, 5.41) is 12.4. The molecule has 0 aliphatic heterocycles. The molecule has 2 atom stereocenters.